The number of aromatic hydroxyl groups is 1. The molecule has 0 aromatic carbocycles. The molecule has 0 spiro atoms. The molecular weight excluding hydrogens is 212 g/mol. The standard InChI is InChI=1S/C9H10N4O3/c14-6-4-10-12-5-11-2-1-3-13(11)9(16)7(12)8(6)15/h4,15H,1-3,5H2. The van der Waals surface area contributed by atoms with Gasteiger partial charge in [0.25, 0.3) is 5.91 Å². The molecule has 1 aromatic rings. The van der Waals surface area contributed by atoms with Crippen LogP contribution in [0.3, 0.4) is 0 Å². The van der Waals surface area contributed by atoms with E-state index >= 15 is 0 Å². The summed E-state index contributed by atoms with van der Waals surface area (Å²) in [5.41, 5.74) is -0.627. The minimum atomic E-state index is -0.618. The number of hydrogen-bond acceptors (Lipinski definition) is 5. The van der Waals surface area contributed by atoms with Crippen LogP contribution in [-0.4, -0.2) is 43.9 Å². The molecule has 2 aliphatic rings. The van der Waals surface area contributed by atoms with E-state index < -0.39 is 11.2 Å². The third-order valence-corrected chi connectivity index (χ3v) is 2.89. The lowest BCUT2D eigenvalue weighted by molar-refractivity contribution is -0.0142. The topological polar surface area (TPSA) is 78.7 Å². The van der Waals surface area contributed by atoms with Crippen LogP contribution in [0.25, 0.3) is 0 Å². The van der Waals surface area contributed by atoms with Gasteiger partial charge in [-0.05, 0) is 6.42 Å². The fourth-order valence-electron chi connectivity index (χ4n) is 2.12. The van der Waals surface area contributed by atoms with Gasteiger partial charge in [0.2, 0.25) is 5.43 Å². The van der Waals surface area contributed by atoms with Crippen molar-refractivity contribution in [2.45, 2.75) is 13.1 Å². The number of rotatable bonds is 0. The third kappa shape index (κ3) is 1.09. The molecule has 1 amide bonds. The number of fused-ring (bicyclic) bond motifs is 2. The number of nitrogens with zero attached hydrogens (tertiary/aromatic N) is 4. The van der Waals surface area contributed by atoms with Crippen LogP contribution < -0.4 is 5.43 Å². The maximum atomic E-state index is 12.0. The minimum Gasteiger partial charge on any atom is -0.502 e. The van der Waals surface area contributed by atoms with Crippen molar-refractivity contribution in [3.8, 4) is 5.75 Å². The first-order chi connectivity index (χ1) is 7.68. The molecule has 2 aliphatic heterocycles. The van der Waals surface area contributed by atoms with Crippen molar-refractivity contribution in [3.05, 3.63) is 22.1 Å². The fraction of sp³-hybridized carbons (Fsp3) is 0.444. The van der Waals surface area contributed by atoms with Crippen LogP contribution in [-0.2, 0) is 6.67 Å². The molecule has 0 aliphatic carbocycles. The molecule has 16 heavy (non-hydrogen) atoms. The van der Waals surface area contributed by atoms with Crippen molar-refractivity contribution in [2.24, 2.45) is 0 Å². The fourth-order valence-corrected chi connectivity index (χ4v) is 2.12. The quantitative estimate of drug-likeness (QED) is 0.608. The largest absolute Gasteiger partial charge is 0.502 e. The Morgan fingerprint density at radius 2 is 2.12 bits per heavy atom. The minimum absolute atomic E-state index is 0.00866. The van der Waals surface area contributed by atoms with Gasteiger partial charge >= 0.3 is 0 Å². The van der Waals surface area contributed by atoms with E-state index in [1.54, 1.807) is 5.01 Å². The highest BCUT2D eigenvalue weighted by Crippen LogP contribution is 2.23. The monoisotopic (exact) mass is 222 g/mol. The molecule has 1 aromatic heterocycles. The Hall–Kier alpha value is -1.89. The van der Waals surface area contributed by atoms with Crippen molar-refractivity contribution < 1.29 is 9.90 Å². The lowest BCUT2D eigenvalue weighted by Gasteiger charge is -2.33. The molecule has 7 heteroatoms. The van der Waals surface area contributed by atoms with E-state index in [4.69, 9.17) is 0 Å². The van der Waals surface area contributed by atoms with Gasteiger partial charge in [0.15, 0.2) is 11.4 Å². The van der Waals surface area contributed by atoms with Crippen LogP contribution >= 0.6 is 0 Å². The van der Waals surface area contributed by atoms with Crippen LogP contribution in [0, 0.1) is 0 Å². The van der Waals surface area contributed by atoms with Crippen LogP contribution in [0.5, 0.6) is 5.75 Å². The van der Waals surface area contributed by atoms with Crippen LogP contribution in [0.4, 0.5) is 0 Å². The van der Waals surface area contributed by atoms with Gasteiger partial charge in [0.05, 0.1) is 6.20 Å². The van der Waals surface area contributed by atoms with Crippen molar-refractivity contribution in [1.29, 1.82) is 0 Å². The molecule has 7 nitrogen and oxygen atoms in total. The van der Waals surface area contributed by atoms with Crippen molar-refractivity contribution >= 4 is 5.91 Å². The Labute approximate surface area is 90.5 Å². The number of hydrazine groups is 1. The predicted molar refractivity (Wildman–Crippen MR) is 52.5 cm³/mol. The van der Waals surface area contributed by atoms with Gasteiger partial charge in [-0.2, -0.15) is 10.1 Å². The van der Waals surface area contributed by atoms with Crippen LogP contribution in [0.1, 0.15) is 16.9 Å². The number of hydrogen-bond donors (Lipinski definition) is 1. The highest BCUT2D eigenvalue weighted by atomic mass is 16.3. The molecule has 0 saturated carbocycles. The molecule has 3 rings (SSSR count). The zero-order chi connectivity index (χ0) is 11.3. The second-order valence-electron chi connectivity index (χ2n) is 3.86. The van der Waals surface area contributed by atoms with E-state index in [2.05, 4.69) is 5.10 Å². The SMILES string of the molecule is O=C1c2c(O)c(=O)cnn2CN2CCCN12. The smallest absolute Gasteiger partial charge is 0.290 e. The normalized spacial score (nSPS) is 19.8. The summed E-state index contributed by atoms with van der Waals surface area (Å²) in [6.07, 6.45) is 1.92. The zero-order valence-corrected chi connectivity index (χ0v) is 8.46. The first kappa shape index (κ1) is 9.34. The Morgan fingerprint density at radius 1 is 1.31 bits per heavy atom. The Balaban J connectivity index is 2.19. The van der Waals surface area contributed by atoms with Crippen molar-refractivity contribution in [3.63, 3.8) is 0 Å². The van der Waals surface area contributed by atoms with Gasteiger partial charge in [0.1, 0.15) is 6.67 Å². The summed E-state index contributed by atoms with van der Waals surface area (Å²) in [7, 11) is 0. The van der Waals surface area contributed by atoms with Gasteiger partial charge in [-0.1, -0.05) is 0 Å². The Morgan fingerprint density at radius 3 is 2.94 bits per heavy atom. The summed E-state index contributed by atoms with van der Waals surface area (Å²) in [6, 6.07) is 0. The summed E-state index contributed by atoms with van der Waals surface area (Å²) in [4.78, 5) is 23.2. The lowest BCUT2D eigenvalue weighted by atomic mass is 10.3. The summed E-state index contributed by atoms with van der Waals surface area (Å²) < 4.78 is 1.36. The van der Waals surface area contributed by atoms with Crippen LogP contribution in [0.15, 0.2) is 11.0 Å². The molecule has 1 N–H and O–H groups in total. The van der Waals surface area contributed by atoms with E-state index in [-0.39, 0.29) is 11.6 Å². The zero-order valence-electron chi connectivity index (χ0n) is 8.46. The van der Waals surface area contributed by atoms with Gasteiger partial charge in [-0.15, -0.1) is 0 Å². The lowest BCUT2D eigenvalue weighted by Crippen LogP contribution is -2.49. The Bertz CT molecular complexity index is 524. The maximum absolute atomic E-state index is 12.0. The van der Waals surface area contributed by atoms with Crippen LogP contribution in [0.2, 0.25) is 0 Å². The van der Waals surface area contributed by atoms with Crippen molar-refractivity contribution in [1.82, 2.24) is 19.8 Å². The molecule has 1 saturated heterocycles. The number of aromatic nitrogens is 2. The molecule has 84 valence electrons. The van der Waals surface area contributed by atoms with Gasteiger partial charge < -0.3 is 5.11 Å². The molecule has 0 bridgehead atoms. The predicted octanol–water partition coefficient (Wildman–Crippen LogP) is -1.02. The van der Waals surface area contributed by atoms with Gasteiger partial charge in [-0.3, -0.25) is 14.6 Å². The van der Waals surface area contributed by atoms with Gasteiger partial charge in [0, 0.05) is 13.1 Å². The highest BCUT2D eigenvalue weighted by molar-refractivity contribution is 5.95. The van der Waals surface area contributed by atoms with Crippen molar-refractivity contribution in [2.75, 3.05) is 13.1 Å². The summed E-state index contributed by atoms with van der Waals surface area (Å²) in [5, 5.41) is 16.8. The van der Waals surface area contributed by atoms with E-state index in [0.29, 0.717) is 13.2 Å². The molecule has 0 unspecified atom stereocenters. The van der Waals surface area contributed by atoms with E-state index in [1.807, 2.05) is 5.01 Å². The third-order valence-electron chi connectivity index (χ3n) is 2.89. The molecule has 0 radical (unpaired) electrons. The second kappa shape index (κ2) is 3.05. The van der Waals surface area contributed by atoms with E-state index in [0.717, 1.165) is 19.2 Å². The molecular formula is C9H10N4O3. The highest BCUT2D eigenvalue weighted by Gasteiger charge is 2.36. The molecule has 1 fully saturated rings. The summed E-state index contributed by atoms with van der Waals surface area (Å²) in [6.45, 7) is 1.82. The maximum Gasteiger partial charge on any atom is 0.290 e. The number of amides is 1. The average molecular weight is 222 g/mol. The number of carbonyl (C=O) groups is 1. The first-order valence-electron chi connectivity index (χ1n) is 5.04. The van der Waals surface area contributed by atoms with Gasteiger partial charge in [-0.25, -0.2) is 4.68 Å². The Kier molecular flexibility index (Phi) is 1.78. The number of carbonyl (C=O) groups excluding carboxylic acids is 1. The summed E-state index contributed by atoms with van der Waals surface area (Å²) in [5.74, 6) is -0.863. The second-order valence-corrected chi connectivity index (χ2v) is 3.86. The molecule has 0 atom stereocenters. The summed E-state index contributed by atoms with van der Waals surface area (Å²) >= 11 is 0. The van der Waals surface area contributed by atoms with E-state index in [9.17, 15) is 14.7 Å². The average Bonchev–Trinajstić information content (AvgIpc) is 2.72. The van der Waals surface area contributed by atoms with E-state index in [1.165, 1.54) is 4.68 Å². The molecule has 3 heterocycles. The first-order valence-corrected chi connectivity index (χ1v) is 5.04.